The van der Waals surface area contributed by atoms with Crippen LogP contribution in [0.25, 0.3) is 0 Å². The molecule has 6 heteroatoms. The molecule has 72 valence electrons. The lowest BCUT2D eigenvalue weighted by atomic mass is 9.98. The van der Waals surface area contributed by atoms with E-state index in [-0.39, 0.29) is 0 Å². The standard InChI is InChI=1S/C6H13NO5/c7-3-5(10)4(9)2(1-8)12-6(3)11/h2-6,8-11H,1,7H2/t2?,3-,4-,5?,6-/m1/s1. The van der Waals surface area contributed by atoms with Gasteiger partial charge in [0.25, 0.3) is 0 Å². The van der Waals surface area contributed by atoms with Gasteiger partial charge in [0.15, 0.2) is 6.29 Å². The highest BCUT2D eigenvalue weighted by atomic mass is 16.6. The largest absolute Gasteiger partial charge is 0.394 e. The Morgan fingerprint density at radius 1 is 1.17 bits per heavy atom. The molecular weight excluding hydrogens is 166 g/mol. The molecule has 1 aliphatic heterocycles. The second-order valence-corrected chi connectivity index (χ2v) is 2.81. The molecule has 0 aliphatic carbocycles. The van der Waals surface area contributed by atoms with E-state index in [0.717, 1.165) is 0 Å². The average Bonchev–Trinajstić information content (AvgIpc) is 2.08. The van der Waals surface area contributed by atoms with Crippen molar-refractivity contribution in [3.63, 3.8) is 0 Å². The third kappa shape index (κ3) is 1.58. The first-order valence-corrected chi connectivity index (χ1v) is 3.64. The fraction of sp³-hybridized carbons (Fsp3) is 1.00. The topological polar surface area (TPSA) is 116 Å². The molecule has 0 aromatic carbocycles. The van der Waals surface area contributed by atoms with Crippen molar-refractivity contribution >= 4 is 0 Å². The molecule has 5 atom stereocenters. The van der Waals surface area contributed by atoms with Gasteiger partial charge >= 0.3 is 0 Å². The molecule has 0 saturated carbocycles. The number of aliphatic hydroxyl groups is 4. The van der Waals surface area contributed by atoms with E-state index in [1.165, 1.54) is 0 Å². The van der Waals surface area contributed by atoms with Gasteiger partial charge in [0.05, 0.1) is 12.6 Å². The predicted molar refractivity (Wildman–Crippen MR) is 38.0 cm³/mol. The van der Waals surface area contributed by atoms with Crippen LogP contribution in [-0.4, -0.2) is 57.7 Å². The van der Waals surface area contributed by atoms with Gasteiger partial charge in [-0.25, -0.2) is 0 Å². The lowest BCUT2D eigenvalue weighted by Gasteiger charge is -2.38. The maximum Gasteiger partial charge on any atom is 0.173 e. The smallest absolute Gasteiger partial charge is 0.173 e. The van der Waals surface area contributed by atoms with Crippen molar-refractivity contribution in [1.29, 1.82) is 0 Å². The Morgan fingerprint density at radius 3 is 2.25 bits per heavy atom. The summed E-state index contributed by atoms with van der Waals surface area (Å²) in [5.74, 6) is 0. The minimum atomic E-state index is -1.35. The Kier molecular flexibility index (Phi) is 2.99. The first kappa shape index (κ1) is 9.85. The third-order valence-electron chi connectivity index (χ3n) is 1.95. The molecule has 12 heavy (non-hydrogen) atoms. The molecule has 1 fully saturated rings. The predicted octanol–water partition coefficient (Wildman–Crippen LogP) is -3.26. The van der Waals surface area contributed by atoms with Gasteiger partial charge in [-0.2, -0.15) is 0 Å². The zero-order valence-electron chi connectivity index (χ0n) is 6.37. The fourth-order valence-electron chi connectivity index (χ4n) is 1.12. The minimum absolute atomic E-state index is 0.470. The minimum Gasteiger partial charge on any atom is -0.394 e. The van der Waals surface area contributed by atoms with E-state index in [1.807, 2.05) is 0 Å². The first-order chi connectivity index (χ1) is 5.57. The molecule has 0 amide bonds. The van der Waals surface area contributed by atoms with Crippen molar-refractivity contribution in [2.75, 3.05) is 6.61 Å². The Balaban J connectivity index is 2.63. The maximum atomic E-state index is 9.20. The number of ether oxygens (including phenoxy) is 1. The van der Waals surface area contributed by atoms with Crippen LogP contribution in [0.15, 0.2) is 0 Å². The van der Waals surface area contributed by atoms with Crippen LogP contribution in [0.5, 0.6) is 0 Å². The van der Waals surface area contributed by atoms with Gasteiger partial charge in [-0.05, 0) is 0 Å². The van der Waals surface area contributed by atoms with Crippen LogP contribution in [0.3, 0.4) is 0 Å². The van der Waals surface area contributed by atoms with Crippen LogP contribution in [0, 0.1) is 0 Å². The summed E-state index contributed by atoms with van der Waals surface area (Å²) in [6.07, 6.45) is -4.85. The van der Waals surface area contributed by atoms with Crippen LogP contribution in [-0.2, 0) is 4.74 Å². The Labute approximate surface area is 69.2 Å². The van der Waals surface area contributed by atoms with Crippen LogP contribution >= 0.6 is 0 Å². The summed E-state index contributed by atoms with van der Waals surface area (Å²) in [5.41, 5.74) is 5.26. The maximum absolute atomic E-state index is 9.20. The van der Waals surface area contributed by atoms with Crippen LogP contribution in [0.2, 0.25) is 0 Å². The van der Waals surface area contributed by atoms with Crippen molar-refractivity contribution in [3.8, 4) is 0 Å². The molecule has 6 N–H and O–H groups in total. The number of aliphatic hydroxyl groups excluding tert-OH is 4. The summed E-state index contributed by atoms with van der Waals surface area (Å²) in [4.78, 5) is 0. The molecule has 0 aromatic heterocycles. The molecule has 0 spiro atoms. The van der Waals surface area contributed by atoms with E-state index in [0.29, 0.717) is 0 Å². The van der Waals surface area contributed by atoms with Gasteiger partial charge in [-0.3, -0.25) is 0 Å². The molecule has 2 unspecified atom stereocenters. The summed E-state index contributed by atoms with van der Waals surface area (Å²) < 4.78 is 4.70. The van der Waals surface area contributed by atoms with E-state index in [2.05, 4.69) is 0 Å². The highest BCUT2D eigenvalue weighted by Gasteiger charge is 2.41. The molecule has 1 saturated heterocycles. The van der Waals surface area contributed by atoms with Gasteiger partial charge in [-0.15, -0.1) is 0 Å². The zero-order valence-corrected chi connectivity index (χ0v) is 6.37. The van der Waals surface area contributed by atoms with Gasteiger partial charge < -0.3 is 30.9 Å². The average molecular weight is 179 g/mol. The quantitative estimate of drug-likeness (QED) is 0.288. The molecule has 0 radical (unpaired) electrons. The third-order valence-corrected chi connectivity index (χ3v) is 1.95. The van der Waals surface area contributed by atoms with Crippen molar-refractivity contribution in [3.05, 3.63) is 0 Å². The van der Waals surface area contributed by atoms with Crippen molar-refractivity contribution < 1.29 is 25.2 Å². The normalized spacial score (nSPS) is 49.2. The molecule has 1 aliphatic rings. The Morgan fingerprint density at radius 2 is 1.75 bits per heavy atom. The fourth-order valence-corrected chi connectivity index (χ4v) is 1.12. The number of hydrogen-bond acceptors (Lipinski definition) is 6. The van der Waals surface area contributed by atoms with Gasteiger partial charge in [0.1, 0.15) is 18.3 Å². The highest BCUT2D eigenvalue weighted by Crippen LogP contribution is 2.17. The van der Waals surface area contributed by atoms with E-state index in [4.69, 9.17) is 20.7 Å². The lowest BCUT2D eigenvalue weighted by Crippen LogP contribution is -2.61. The Hall–Kier alpha value is -0.240. The van der Waals surface area contributed by atoms with E-state index in [1.54, 1.807) is 0 Å². The van der Waals surface area contributed by atoms with Gasteiger partial charge in [-0.1, -0.05) is 0 Å². The summed E-state index contributed by atoms with van der Waals surface area (Å²) in [6.45, 7) is -0.470. The van der Waals surface area contributed by atoms with E-state index in [9.17, 15) is 10.2 Å². The van der Waals surface area contributed by atoms with Gasteiger partial charge in [0, 0.05) is 0 Å². The molecule has 0 aromatic rings. The second kappa shape index (κ2) is 3.65. The van der Waals surface area contributed by atoms with Crippen molar-refractivity contribution in [2.45, 2.75) is 30.6 Å². The number of hydrogen-bond donors (Lipinski definition) is 5. The monoisotopic (exact) mass is 179 g/mol. The Bertz CT molecular complexity index is 150. The van der Waals surface area contributed by atoms with Crippen LogP contribution in [0.1, 0.15) is 0 Å². The molecule has 1 rings (SSSR count). The summed E-state index contributed by atoms with van der Waals surface area (Å²) >= 11 is 0. The van der Waals surface area contributed by atoms with Gasteiger partial charge in [0.2, 0.25) is 0 Å². The van der Waals surface area contributed by atoms with E-state index < -0.39 is 37.3 Å². The number of nitrogens with two attached hydrogens (primary N) is 1. The second-order valence-electron chi connectivity index (χ2n) is 2.81. The number of rotatable bonds is 1. The SMILES string of the molecule is N[C@@H]1C(O)[C@H](O)C(CO)O[C@H]1O. The zero-order chi connectivity index (χ0) is 9.30. The summed E-state index contributed by atoms with van der Waals surface area (Å²) in [5, 5.41) is 36.1. The highest BCUT2D eigenvalue weighted by molar-refractivity contribution is 4.90. The van der Waals surface area contributed by atoms with Crippen molar-refractivity contribution in [2.24, 2.45) is 5.73 Å². The first-order valence-electron chi connectivity index (χ1n) is 3.64. The van der Waals surface area contributed by atoms with Crippen molar-refractivity contribution in [1.82, 2.24) is 0 Å². The van der Waals surface area contributed by atoms with Crippen LogP contribution in [0.4, 0.5) is 0 Å². The lowest BCUT2D eigenvalue weighted by molar-refractivity contribution is -0.248. The molecule has 6 nitrogen and oxygen atoms in total. The van der Waals surface area contributed by atoms with Crippen LogP contribution < -0.4 is 5.73 Å². The summed E-state index contributed by atoms with van der Waals surface area (Å²) in [6, 6.07) is -1.04. The van der Waals surface area contributed by atoms with E-state index >= 15 is 0 Å². The molecule has 0 bridgehead atoms. The molecule has 1 heterocycles. The summed E-state index contributed by atoms with van der Waals surface area (Å²) in [7, 11) is 0. The molecular formula is C6H13NO5.